The smallest absolute Gasteiger partial charge is 0.334 e. The van der Waals surface area contributed by atoms with E-state index in [-0.39, 0.29) is 29.7 Å². The molecule has 0 aromatic heterocycles. The molecule has 0 aromatic rings. The summed E-state index contributed by atoms with van der Waals surface area (Å²) in [4.78, 5) is 23.4. The largest absolute Gasteiger partial charge is 0.458 e. The predicted molar refractivity (Wildman–Crippen MR) is 68.8 cm³/mol. The second-order valence-electron chi connectivity index (χ2n) is 4.97. The highest BCUT2D eigenvalue weighted by molar-refractivity contribution is 6.04. The van der Waals surface area contributed by atoms with Crippen LogP contribution in [-0.4, -0.2) is 17.9 Å². The first-order valence-corrected chi connectivity index (χ1v) is 6.31. The van der Waals surface area contributed by atoms with E-state index in [1.807, 2.05) is 19.9 Å². The number of hydrogen-bond donors (Lipinski definition) is 0. The lowest BCUT2D eigenvalue weighted by Gasteiger charge is -2.17. The van der Waals surface area contributed by atoms with Crippen molar-refractivity contribution in [3.63, 3.8) is 0 Å². The van der Waals surface area contributed by atoms with Crippen LogP contribution in [0.15, 0.2) is 36.0 Å². The molecular formula is C15H18O3. The number of rotatable bonds is 2. The van der Waals surface area contributed by atoms with Crippen molar-refractivity contribution in [1.29, 1.82) is 0 Å². The summed E-state index contributed by atoms with van der Waals surface area (Å²) in [6, 6.07) is 0. The van der Waals surface area contributed by atoms with Gasteiger partial charge in [-0.05, 0) is 37.3 Å². The summed E-state index contributed by atoms with van der Waals surface area (Å²) < 4.78 is 5.31. The minimum Gasteiger partial charge on any atom is -0.458 e. The van der Waals surface area contributed by atoms with E-state index in [9.17, 15) is 9.59 Å². The number of ether oxygens (including phenoxy) is 1. The van der Waals surface area contributed by atoms with Crippen LogP contribution in [-0.2, 0) is 14.3 Å². The van der Waals surface area contributed by atoms with E-state index in [0.717, 1.165) is 5.57 Å². The van der Waals surface area contributed by atoms with Gasteiger partial charge >= 0.3 is 5.97 Å². The van der Waals surface area contributed by atoms with Crippen molar-refractivity contribution in [3.8, 4) is 0 Å². The molecule has 0 bridgehead atoms. The van der Waals surface area contributed by atoms with Crippen LogP contribution in [0.5, 0.6) is 0 Å². The van der Waals surface area contributed by atoms with Gasteiger partial charge in [0.2, 0.25) is 0 Å². The monoisotopic (exact) mass is 246 g/mol. The van der Waals surface area contributed by atoms with Gasteiger partial charge in [-0.15, -0.1) is 0 Å². The average molecular weight is 246 g/mol. The molecule has 3 heteroatoms. The third-order valence-electron chi connectivity index (χ3n) is 3.73. The van der Waals surface area contributed by atoms with Crippen molar-refractivity contribution < 1.29 is 14.3 Å². The molecule has 18 heavy (non-hydrogen) atoms. The maximum atomic E-state index is 11.9. The summed E-state index contributed by atoms with van der Waals surface area (Å²) in [7, 11) is 0. The second kappa shape index (κ2) is 4.92. The molecule has 1 saturated heterocycles. The fraction of sp³-hybridized carbons (Fsp3) is 0.467. The van der Waals surface area contributed by atoms with E-state index in [1.165, 1.54) is 0 Å². The fourth-order valence-corrected chi connectivity index (χ4v) is 2.70. The van der Waals surface area contributed by atoms with Crippen molar-refractivity contribution in [1.82, 2.24) is 0 Å². The van der Waals surface area contributed by atoms with Gasteiger partial charge < -0.3 is 4.74 Å². The molecule has 2 aliphatic rings. The Morgan fingerprint density at radius 1 is 1.56 bits per heavy atom. The van der Waals surface area contributed by atoms with E-state index < -0.39 is 0 Å². The average Bonchev–Trinajstić information content (AvgIpc) is 2.48. The van der Waals surface area contributed by atoms with Gasteiger partial charge in [0.25, 0.3) is 0 Å². The standard InChI is InChI=1S/C15H18O3/c1-4-5-13(16)11-6-7-12-10(3)15(17)18-14(12)8-9(11)2/h4-6,9,12,14H,3,7-8H2,1-2H3. The van der Waals surface area contributed by atoms with Gasteiger partial charge in [0, 0.05) is 11.5 Å². The van der Waals surface area contributed by atoms with Crippen LogP contribution in [0.2, 0.25) is 0 Å². The minimum absolute atomic E-state index is 0.0378. The van der Waals surface area contributed by atoms with Gasteiger partial charge in [-0.1, -0.05) is 25.7 Å². The summed E-state index contributed by atoms with van der Waals surface area (Å²) in [5.41, 5.74) is 1.37. The Bertz CT molecular complexity index is 456. The zero-order valence-electron chi connectivity index (χ0n) is 10.8. The van der Waals surface area contributed by atoms with E-state index in [0.29, 0.717) is 18.4 Å². The third-order valence-corrected chi connectivity index (χ3v) is 3.73. The molecule has 0 N–H and O–H groups in total. The lowest BCUT2D eigenvalue weighted by Crippen LogP contribution is -2.18. The van der Waals surface area contributed by atoms with Gasteiger partial charge in [-0.2, -0.15) is 0 Å². The summed E-state index contributed by atoms with van der Waals surface area (Å²) in [6.45, 7) is 7.63. The SMILES string of the molecule is C=C1C(=O)OC2CC(C)C(C(=O)C=CC)=CCC12. The van der Waals surface area contributed by atoms with Crippen LogP contribution in [0.1, 0.15) is 26.7 Å². The Morgan fingerprint density at radius 2 is 2.28 bits per heavy atom. The fourth-order valence-electron chi connectivity index (χ4n) is 2.70. The maximum absolute atomic E-state index is 11.9. The number of allylic oxidation sites excluding steroid dienone is 4. The Balaban J connectivity index is 2.23. The lowest BCUT2D eigenvalue weighted by molar-refractivity contribution is -0.139. The van der Waals surface area contributed by atoms with Crippen LogP contribution in [0, 0.1) is 11.8 Å². The Morgan fingerprint density at radius 3 is 2.94 bits per heavy atom. The highest BCUT2D eigenvalue weighted by Crippen LogP contribution is 2.38. The number of carbonyl (C=O) groups is 2. The summed E-state index contributed by atoms with van der Waals surface area (Å²) in [5, 5.41) is 0. The topological polar surface area (TPSA) is 43.4 Å². The van der Waals surface area contributed by atoms with Crippen molar-refractivity contribution >= 4 is 11.8 Å². The van der Waals surface area contributed by atoms with E-state index in [4.69, 9.17) is 4.74 Å². The Kier molecular flexibility index (Phi) is 3.50. The summed E-state index contributed by atoms with van der Waals surface area (Å²) in [5.74, 6) is -0.0750. The van der Waals surface area contributed by atoms with Crippen molar-refractivity contribution in [2.45, 2.75) is 32.8 Å². The number of ketones is 1. The van der Waals surface area contributed by atoms with E-state index in [2.05, 4.69) is 6.58 Å². The number of carbonyl (C=O) groups excluding carboxylic acids is 2. The molecule has 2 rings (SSSR count). The van der Waals surface area contributed by atoms with Crippen molar-refractivity contribution in [2.24, 2.45) is 11.8 Å². The molecule has 3 nitrogen and oxygen atoms in total. The highest BCUT2D eigenvalue weighted by atomic mass is 16.6. The molecular weight excluding hydrogens is 228 g/mol. The first-order chi connectivity index (χ1) is 8.54. The van der Waals surface area contributed by atoms with Gasteiger partial charge in [0.15, 0.2) is 5.78 Å². The van der Waals surface area contributed by atoms with Crippen LogP contribution in [0.4, 0.5) is 0 Å². The lowest BCUT2D eigenvalue weighted by atomic mass is 9.90. The molecule has 1 fully saturated rings. The van der Waals surface area contributed by atoms with Crippen LogP contribution >= 0.6 is 0 Å². The molecule has 1 aliphatic heterocycles. The van der Waals surface area contributed by atoms with E-state index in [1.54, 1.807) is 12.2 Å². The molecule has 0 saturated carbocycles. The molecule has 0 amide bonds. The summed E-state index contributed by atoms with van der Waals surface area (Å²) in [6.07, 6.45) is 6.53. The van der Waals surface area contributed by atoms with Crippen LogP contribution in [0.25, 0.3) is 0 Å². The predicted octanol–water partition coefficient (Wildman–Crippen LogP) is 2.59. The van der Waals surface area contributed by atoms with E-state index >= 15 is 0 Å². The molecule has 1 heterocycles. The molecule has 3 unspecified atom stereocenters. The number of esters is 1. The first kappa shape index (κ1) is 12.8. The van der Waals surface area contributed by atoms with Gasteiger partial charge in [0.05, 0.1) is 0 Å². The zero-order chi connectivity index (χ0) is 13.3. The zero-order valence-corrected chi connectivity index (χ0v) is 10.8. The molecule has 0 aromatic carbocycles. The quantitative estimate of drug-likeness (QED) is 0.555. The Labute approximate surface area is 107 Å². The molecule has 0 spiro atoms. The minimum atomic E-state index is -0.283. The molecule has 1 aliphatic carbocycles. The van der Waals surface area contributed by atoms with Crippen molar-refractivity contribution in [2.75, 3.05) is 0 Å². The van der Waals surface area contributed by atoms with Gasteiger partial charge in [0.1, 0.15) is 6.10 Å². The third kappa shape index (κ3) is 2.17. The molecule has 3 atom stereocenters. The molecule has 96 valence electrons. The number of hydrogen-bond acceptors (Lipinski definition) is 3. The van der Waals surface area contributed by atoms with Gasteiger partial charge in [-0.25, -0.2) is 4.79 Å². The normalized spacial score (nSPS) is 31.9. The molecule has 0 radical (unpaired) electrons. The first-order valence-electron chi connectivity index (χ1n) is 6.31. The Hall–Kier alpha value is -1.64. The summed E-state index contributed by atoms with van der Waals surface area (Å²) >= 11 is 0. The van der Waals surface area contributed by atoms with Crippen LogP contribution in [0.3, 0.4) is 0 Å². The maximum Gasteiger partial charge on any atom is 0.334 e. The second-order valence-corrected chi connectivity index (χ2v) is 4.97. The van der Waals surface area contributed by atoms with Crippen LogP contribution < -0.4 is 0 Å². The van der Waals surface area contributed by atoms with Crippen molar-refractivity contribution in [3.05, 3.63) is 36.0 Å². The number of fused-ring (bicyclic) bond motifs is 1. The van der Waals surface area contributed by atoms with Gasteiger partial charge in [-0.3, -0.25) is 4.79 Å². The highest BCUT2D eigenvalue weighted by Gasteiger charge is 2.40.